The largest absolute Gasteiger partial charge is 0.417 e. The van der Waals surface area contributed by atoms with Crippen LogP contribution in [0.15, 0.2) is 30.3 Å². The van der Waals surface area contributed by atoms with Gasteiger partial charge >= 0.3 is 6.18 Å². The number of benzene rings is 2. The average Bonchev–Trinajstić information content (AvgIpc) is 3.43. The lowest BCUT2D eigenvalue weighted by molar-refractivity contribution is -0.137. The highest BCUT2D eigenvalue weighted by molar-refractivity contribution is 6.31. The highest BCUT2D eigenvalue weighted by atomic mass is 35.5. The number of alkyl halides is 3. The Balaban J connectivity index is 1.80. The van der Waals surface area contributed by atoms with Crippen molar-refractivity contribution in [2.75, 3.05) is 5.73 Å². The molecule has 27 heavy (non-hydrogen) atoms. The van der Waals surface area contributed by atoms with Crippen molar-refractivity contribution in [1.29, 1.82) is 0 Å². The Bertz CT molecular complexity index is 879. The Kier molecular flexibility index (Phi) is 5.35. The molecule has 8 heteroatoms. The molecule has 0 radical (unpaired) electrons. The summed E-state index contributed by atoms with van der Waals surface area (Å²) >= 11 is 5.69. The van der Waals surface area contributed by atoms with Crippen LogP contribution < -0.4 is 16.8 Å². The van der Waals surface area contributed by atoms with Crippen molar-refractivity contribution in [3.05, 3.63) is 63.2 Å². The third-order valence-electron chi connectivity index (χ3n) is 4.69. The number of amides is 1. The van der Waals surface area contributed by atoms with Crippen molar-refractivity contribution in [3.8, 4) is 0 Å². The van der Waals surface area contributed by atoms with E-state index in [1.54, 1.807) is 0 Å². The van der Waals surface area contributed by atoms with E-state index in [4.69, 9.17) is 23.1 Å². The Morgan fingerprint density at radius 3 is 2.44 bits per heavy atom. The fourth-order valence-electron chi connectivity index (χ4n) is 3.11. The number of rotatable bonds is 5. The first-order valence-corrected chi connectivity index (χ1v) is 8.85. The predicted molar refractivity (Wildman–Crippen MR) is 98.3 cm³/mol. The summed E-state index contributed by atoms with van der Waals surface area (Å²) in [6.07, 6.45) is -2.42. The Hall–Kier alpha value is -2.25. The number of hydrogen-bond acceptors (Lipinski definition) is 3. The first-order valence-electron chi connectivity index (χ1n) is 8.47. The quantitative estimate of drug-likeness (QED) is 0.661. The van der Waals surface area contributed by atoms with Gasteiger partial charge in [0, 0.05) is 24.3 Å². The highest BCUT2D eigenvalue weighted by Gasteiger charge is 2.33. The minimum absolute atomic E-state index is 0.0548. The van der Waals surface area contributed by atoms with Gasteiger partial charge in [-0.1, -0.05) is 17.7 Å². The molecule has 2 aromatic rings. The van der Waals surface area contributed by atoms with E-state index in [-0.39, 0.29) is 18.7 Å². The molecule has 0 spiro atoms. The van der Waals surface area contributed by atoms with Crippen molar-refractivity contribution in [3.63, 3.8) is 0 Å². The summed E-state index contributed by atoms with van der Waals surface area (Å²) in [6, 6.07) is 6.69. The smallest absolute Gasteiger partial charge is 0.398 e. The van der Waals surface area contributed by atoms with Crippen molar-refractivity contribution in [2.45, 2.75) is 38.0 Å². The molecule has 0 atom stereocenters. The van der Waals surface area contributed by atoms with Crippen LogP contribution in [-0.2, 0) is 19.3 Å². The number of carbonyl (C=O) groups excluding carboxylic acids is 1. The molecule has 0 bridgehead atoms. The maximum atomic E-state index is 12.8. The molecule has 0 saturated heterocycles. The summed E-state index contributed by atoms with van der Waals surface area (Å²) < 4.78 is 38.4. The third-order valence-corrected chi connectivity index (χ3v) is 5.00. The minimum atomic E-state index is -4.57. The van der Waals surface area contributed by atoms with E-state index in [9.17, 15) is 18.0 Å². The zero-order chi connectivity index (χ0) is 19.8. The summed E-state index contributed by atoms with van der Waals surface area (Å²) in [4.78, 5) is 12.4. The third kappa shape index (κ3) is 4.20. The van der Waals surface area contributed by atoms with Gasteiger partial charge in [0.2, 0.25) is 0 Å². The molecule has 1 amide bonds. The Morgan fingerprint density at radius 1 is 1.19 bits per heavy atom. The number of nitrogens with one attached hydrogen (secondary N) is 1. The van der Waals surface area contributed by atoms with E-state index in [2.05, 4.69) is 5.32 Å². The standard InChI is InChI=1S/C19H19ClF3N3O/c20-16-7-11(3-5-15(16)19(21,22)23)18(27)26-9-14-12(10-1-2-10)4-6-17(25)13(14)8-24/h3-7,10H,1-2,8-9,24-25H2,(H,26,27). The molecule has 0 aliphatic heterocycles. The predicted octanol–water partition coefficient (Wildman–Crippen LogP) is 4.21. The second kappa shape index (κ2) is 7.40. The number of nitrogens with two attached hydrogens (primary N) is 2. The summed E-state index contributed by atoms with van der Waals surface area (Å²) in [6.45, 7) is 0.435. The first-order chi connectivity index (χ1) is 12.7. The van der Waals surface area contributed by atoms with Gasteiger partial charge in [-0.25, -0.2) is 0 Å². The van der Waals surface area contributed by atoms with Crippen molar-refractivity contribution < 1.29 is 18.0 Å². The second-order valence-corrected chi connectivity index (χ2v) is 6.96. The molecule has 0 aromatic heterocycles. The van der Waals surface area contributed by atoms with Crippen LogP contribution in [0.3, 0.4) is 0 Å². The van der Waals surface area contributed by atoms with Gasteiger partial charge in [-0.05, 0) is 59.7 Å². The molecule has 0 unspecified atom stereocenters. The van der Waals surface area contributed by atoms with E-state index >= 15 is 0 Å². The second-order valence-electron chi connectivity index (χ2n) is 6.55. The van der Waals surface area contributed by atoms with Gasteiger partial charge < -0.3 is 16.8 Å². The summed E-state index contributed by atoms with van der Waals surface area (Å²) in [7, 11) is 0. The van der Waals surface area contributed by atoms with E-state index in [0.29, 0.717) is 11.6 Å². The lowest BCUT2D eigenvalue weighted by Gasteiger charge is -2.17. The first kappa shape index (κ1) is 19.5. The molecule has 1 fully saturated rings. The fourth-order valence-corrected chi connectivity index (χ4v) is 3.40. The molecule has 4 nitrogen and oxygen atoms in total. The van der Waals surface area contributed by atoms with Crippen LogP contribution in [0.2, 0.25) is 5.02 Å². The van der Waals surface area contributed by atoms with E-state index in [1.807, 2.05) is 12.1 Å². The molecular formula is C19H19ClF3N3O. The van der Waals surface area contributed by atoms with E-state index in [1.165, 1.54) is 0 Å². The van der Waals surface area contributed by atoms with E-state index < -0.39 is 22.7 Å². The Morgan fingerprint density at radius 2 is 1.89 bits per heavy atom. The molecule has 1 saturated carbocycles. The average molecular weight is 398 g/mol. The topological polar surface area (TPSA) is 81.1 Å². The van der Waals surface area contributed by atoms with Gasteiger partial charge in [0.05, 0.1) is 10.6 Å². The number of halogens is 4. The molecule has 3 rings (SSSR count). The lowest BCUT2D eigenvalue weighted by atomic mass is 9.96. The van der Waals surface area contributed by atoms with Crippen LogP contribution in [0.25, 0.3) is 0 Å². The van der Waals surface area contributed by atoms with Gasteiger partial charge in [-0.3, -0.25) is 4.79 Å². The van der Waals surface area contributed by atoms with Gasteiger partial charge in [0.15, 0.2) is 0 Å². The molecule has 2 aromatic carbocycles. The van der Waals surface area contributed by atoms with Crippen molar-refractivity contribution in [1.82, 2.24) is 5.32 Å². The SMILES string of the molecule is NCc1c(N)ccc(C2CC2)c1CNC(=O)c1ccc(C(F)(F)F)c(Cl)c1. The van der Waals surface area contributed by atoms with Crippen LogP contribution in [0.1, 0.15) is 51.4 Å². The zero-order valence-electron chi connectivity index (χ0n) is 14.4. The number of anilines is 1. The van der Waals surface area contributed by atoms with Crippen LogP contribution in [0, 0.1) is 0 Å². The fraction of sp³-hybridized carbons (Fsp3) is 0.316. The van der Waals surface area contributed by atoms with Crippen LogP contribution in [-0.4, -0.2) is 5.91 Å². The lowest BCUT2D eigenvalue weighted by Crippen LogP contribution is -2.25. The van der Waals surface area contributed by atoms with Gasteiger partial charge in [0.1, 0.15) is 0 Å². The van der Waals surface area contributed by atoms with Crippen LogP contribution >= 0.6 is 11.6 Å². The van der Waals surface area contributed by atoms with Gasteiger partial charge in [0.25, 0.3) is 5.91 Å². The molecule has 144 valence electrons. The maximum Gasteiger partial charge on any atom is 0.417 e. The van der Waals surface area contributed by atoms with E-state index in [0.717, 1.165) is 47.7 Å². The number of carbonyl (C=O) groups is 1. The molecule has 0 heterocycles. The van der Waals surface area contributed by atoms with Gasteiger partial charge in [-0.2, -0.15) is 13.2 Å². The van der Waals surface area contributed by atoms with Crippen molar-refractivity contribution >= 4 is 23.2 Å². The zero-order valence-corrected chi connectivity index (χ0v) is 15.1. The monoisotopic (exact) mass is 397 g/mol. The Labute approximate surface area is 159 Å². The van der Waals surface area contributed by atoms with Crippen LogP contribution in [0.5, 0.6) is 0 Å². The minimum Gasteiger partial charge on any atom is -0.398 e. The highest BCUT2D eigenvalue weighted by Crippen LogP contribution is 2.43. The van der Waals surface area contributed by atoms with Crippen LogP contribution in [0.4, 0.5) is 18.9 Å². The van der Waals surface area contributed by atoms with Gasteiger partial charge in [-0.15, -0.1) is 0 Å². The molecular weight excluding hydrogens is 379 g/mol. The maximum absolute atomic E-state index is 12.8. The molecule has 1 aliphatic rings. The normalized spacial score (nSPS) is 14.3. The van der Waals surface area contributed by atoms with Crippen molar-refractivity contribution in [2.24, 2.45) is 5.73 Å². The molecule has 5 N–H and O–H groups in total. The summed E-state index contributed by atoms with van der Waals surface area (Å²) in [5, 5.41) is 2.22. The summed E-state index contributed by atoms with van der Waals surface area (Å²) in [5.41, 5.74) is 14.2. The summed E-state index contributed by atoms with van der Waals surface area (Å²) in [5.74, 6) is -0.0823. The number of nitrogen functional groups attached to an aromatic ring is 1. The molecule has 1 aliphatic carbocycles. The number of hydrogen-bond donors (Lipinski definition) is 3.